The summed E-state index contributed by atoms with van der Waals surface area (Å²) in [6, 6.07) is 10.9. The molecule has 5 nitrogen and oxygen atoms in total. The number of benzene rings is 1. The number of pyridine rings is 1. The lowest BCUT2D eigenvalue weighted by Crippen LogP contribution is -2.19. The molecule has 2 rings (SSSR count). The van der Waals surface area contributed by atoms with E-state index in [0.29, 0.717) is 18.1 Å². The third-order valence-corrected chi connectivity index (χ3v) is 2.76. The zero-order chi connectivity index (χ0) is 14.4. The molecule has 0 aliphatic heterocycles. The number of rotatable bonds is 5. The first-order valence-electron chi connectivity index (χ1n) is 6.17. The zero-order valence-corrected chi connectivity index (χ0v) is 11.4. The molecule has 1 heterocycles. The van der Waals surface area contributed by atoms with Crippen LogP contribution in [0.25, 0.3) is 0 Å². The first-order chi connectivity index (χ1) is 9.72. The Kier molecular flexibility index (Phi) is 4.55. The predicted octanol–water partition coefficient (Wildman–Crippen LogP) is 2.03. The summed E-state index contributed by atoms with van der Waals surface area (Å²) >= 11 is 0. The number of hydrogen-bond donors (Lipinski definition) is 1. The topological polar surface area (TPSA) is 60.5 Å². The Labute approximate surface area is 117 Å². The first kappa shape index (κ1) is 13.9. The summed E-state index contributed by atoms with van der Waals surface area (Å²) < 4.78 is 10.7. The number of carbonyl (C=O) groups is 1. The second-order valence-corrected chi connectivity index (χ2v) is 4.09. The van der Waals surface area contributed by atoms with Gasteiger partial charge in [-0.2, -0.15) is 0 Å². The molecular formula is C15H16N2O3. The Morgan fingerprint density at radius 3 is 2.60 bits per heavy atom. The highest BCUT2D eigenvalue weighted by atomic mass is 16.5. The van der Waals surface area contributed by atoms with E-state index in [9.17, 15) is 4.79 Å². The van der Waals surface area contributed by atoms with Crippen LogP contribution in [-0.2, 0) is 6.61 Å². The number of hydrogen-bond acceptors (Lipinski definition) is 4. The molecule has 0 spiro atoms. The summed E-state index contributed by atoms with van der Waals surface area (Å²) in [6.45, 7) is 0.418. The molecule has 104 valence electrons. The summed E-state index contributed by atoms with van der Waals surface area (Å²) in [7, 11) is 3.19. The maximum absolute atomic E-state index is 11.5. The maximum Gasteiger partial charge on any atom is 0.269 e. The normalized spacial score (nSPS) is 9.90. The molecule has 1 aromatic carbocycles. The van der Waals surface area contributed by atoms with E-state index in [4.69, 9.17) is 9.47 Å². The van der Waals surface area contributed by atoms with Gasteiger partial charge in [-0.3, -0.25) is 9.78 Å². The van der Waals surface area contributed by atoms with Gasteiger partial charge in [0.05, 0.1) is 7.11 Å². The van der Waals surface area contributed by atoms with Crippen molar-refractivity contribution in [3.8, 4) is 11.5 Å². The number of nitrogens with one attached hydrogen (secondary N) is 1. The van der Waals surface area contributed by atoms with E-state index in [1.54, 1.807) is 32.5 Å². The van der Waals surface area contributed by atoms with Crippen molar-refractivity contribution in [1.82, 2.24) is 10.3 Å². The highest BCUT2D eigenvalue weighted by Crippen LogP contribution is 2.15. The molecule has 0 saturated heterocycles. The van der Waals surface area contributed by atoms with Crippen LogP contribution in [0.2, 0.25) is 0 Å². The van der Waals surface area contributed by atoms with Crippen molar-refractivity contribution in [1.29, 1.82) is 0 Å². The number of amides is 1. The van der Waals surface area contributed by atoms with Crippen molar-refractivity contribution >= 4 is 5.91 Å². The Morgan fingerprint density at radius 2 is 1.95 bits per heavy atom. The highest BCUT2D eigenvalue weighted by Gasteiger charge is 2.06. The number of aromatic nitrogens is 1. The van der Waals surface area contributed by atoms with E-state index in [1.807, 2.05) is 24.3 Å². The zero-order valence-electron chi connectivity index (χ0n) is 11.4. The van der Waals surface area contributed by atoms with Gasteiger partial charge in [0.25, 0.3) is 5.91 Å². The summed E-state index contributed by atoms with van der Waals surface area (Å²) in [6.07, 6.45) is 1.55. The van der Waals surface area contributed by atoms with Crippen LogP contribution in [0.4, 0.5) is 0 Å². The monoisotopic (exact) mass is 272 g/mol. The largest absolute Gasteiger partial charge is 0.497 e. The molecule has 0 aliphatic carbocycles. The molecule has 0 saturated carbocycles. The average Bonchev–Trinajstić information content (AvgIpc) is 2.53. The molecule has 20 heavy (non-hydrogen) atoms. The van der Waals surface area contributed by atoms with E-state index in [1.165, 1.54) is 0 Å². The van der Waals surface area contributed by atoms with E-state index in [2.05, 4.69) is 10.3 Å². The van der Waals surface area contributed by atoms with E-state index >= 15 is 0 Å². The minimum absolute atomic E-state index is 0.236. The van der Waals surface area contributed by atoms with E-state index < -0.39 is 0 Å². The van der Waals surface area contributed by atoms with Gasteiger partial charge in [0, 0.05) is 19.3 Å². The van der Waals surface area contributed by atoms with Gasteiger partial charge in [0.2, 0.25) is 0 Å². The van der Waals surface area contributed by atoms with E-state index in [0.717, 1.165) is 11.3 Å². The standard InChI is InChI=1S/C15H16N2O3/c1-16-15(18)14-9-13(7-8-17-14)20-10-11-3-5-12(19-2)6-4-11/h3-9H,10H2,1-2H3,(H,16,18). The van der Waals surface area contributed by atoms with Crippen LogP contribution in [0.15, 0.2) is 42.6 Å². The number of ether oxygens (including phenoxy) is 2. The van der Waals surface area contributed by atoms with Gasteiger partial charge in [-0.25, -0.2) is 0 Å². The minimum atomic E-state index is -0.236. The van der Waals surface area contributed by atoms with Gasteiger partial charge in [-0.05, 0) is 23.8 Å². The fourth-order valence-corrected chi connectivity index (χ4v) is 1.64. The summed E-state index contributed by atoms with van der Waals surface area (Å²) in [5, 5.41) is 2.52. The van der Waals surface area contributed by atoms with Crippen molar-refractivity contribution in [2.75, 3.05) is 14.2 Å². The molecule has 0 radical (unpaired) electrons. The van der Waals surface area contributed by atoms with Crippen molar-refractivity contribution in [2.24, 2.45) is 0 Å². The van der Waals surface area contributed by atoms with Crippen LogP contribution in [0.1, 0.15) is 16.1 Å². The fraction of sp³-hybridized carbons (Fsp3) is 0.200. The average molecular weight is 272 g/mol. The lowest BCUT2D eigenvalue weighted by Gasteiger charge is -2.08. The molecule has 0 aliphatic rings. The van der Waals surface area contributed by atoms with Crippen LogP contribution in [-0.4, -0.2) is 25.0 Å². The fourth-order valence-electron chi connectivity index (χ4n) is 1.64. The Bertz CT molecular complexity index is 582. The summed E-state index contributed by atoms with van der Waals surface area (Å²) in [5.74, 6) is 1.17. The van der Waals surface area contributed by atoms with Gasteiger partial charge in [-0.1, -0.05) is 12.1 Å². The quantitative estimate of drug-likeness (QED) is 0.904. The Morgan fingerprint density at radius 1 is 1.20 bits per heavy atom. The third-order valence-electron chi connectivity index (χ3n) is 2.76. The van der Waals surface area contributed by atoms with Crippen LogP contribution < -0.4 is 14.8 Å². The van der Waals surface area contributed by atoms with Gasteiger partial charge in [-0.15, -0.1) is 0 Å². The Hall–Kier alpha value is -2.56. The predicted molar refractivity (Wildman–Crippen MR) is 75.0 cm³/mol. The second kappa shape index (κ2) is 6.56. The highest BCUT2D eigenvalue weighted by molar-refractivity contribution is 5.92. The summed E-state index contributed by atoms with van der Waals surface area (Å²) in [5.41, 5.74) is 1.35. The molecule has 1 aromatic heterocycles. The Balaban J connectivity index is 2.01. The van der Waals surface area contributed by atoms with Crippen LogP contribution in [0.5, 0.6) is 11.5 Å². The lowest BCUT2D eigenvalue weighted by molar-refractivity contribution is 0.0957. The second-order valence-electron chi connectivity index (χ2n) is 4.09. The molecule has 2 aromatic rings. The molecule has 0 unspecified atom stereocenters. The molecule has 1 N–H and O–H groups in total. The van der Waals surface area contributed by atoms with E-state index in [-0.39, 0.29) is 5.91 Å². The van der Waals surface area contributed by atoms with Crippen molar-refractivity contribution in [2.45, 2.75) is 6.61 Å². The minimum Gasteiger partial charge on any atom is -0.497 e. The molecule has 1 amide bonds. The molecule has 0 atom stereocenters. The SMILES string of the molecule is CNC(=O)c1cc(OCc2ccc(OC)cc2)ccn1. The van der Waals surface area contributed by atoms with Crippen LogP contribution >= 0.6 is 0 Å². The van der Waals surface area contributed by atoms with Gasteiger partial charge < -0.3 is 14.8 Å². The molecule has 5 heteroatoms. The van der Waals surface area contributed by atoms with Crippen LogP contribution in [0.3, 0.4) is 0 Å². The molecule has 0 fully saturated rings. The van der Waals surface area contributed by atoms with Gasteiger partial charge in [0.15, 0.2) is 0 Å². The van der Waals surface area contributed by atoms with Crippen molar-refractivity contribution < 1.29 is 14.3 Å². The first-order valence-corrected chi connectivity index (χ1v) is 6.17. The number of nitrogens with zero attached hydrogens (tertiary/aromatic N) is 1. The molecular weight excluding hydrogens is 256 g/mol. The van der Waals surface area contributed by atoms with Crippen molar-refractivity contribution in [3.63, 3.8) is 0 Å². The lowest BCUT2D eigenvalue weighted by atomic mass is 10.2. The summed E-state index contributed by atoms with van der Waals surface area (Å²) in [4.78, 5) is 15.4. The van der Waals surface area contributed by atoms with Crippen molar-refractivity contribution in [3.05, 3.63) is 53.9 Å². The smallest absolute Gasteiger partial charge is 0.269 e. The molecule has 0 bridgehead atoms. The van der Waals surface area contributed by atoms with Crippen LogP contribution in [0, 0.1) is 0 Å². The third kappa shape index (κ3) is 3.47. The maximum atomic E-state index is 11.5. The number of methoxy groups -OCH3 is 1. The number of carbonyl (C=O) groups excluding carboxylic acids is 1. The van der Waals surface area contributed by atoms with Gasteiger partial charge in [0.1, 0.15) is 23.8 Å². The van der Waals surface area contributed by atoms with Gasteiger partial charge >= 0.3 is 0 Å².